The molecule has 0 spiro atoms. The van der Waals surface area contributed by atoms with E-state index in [1.807, 2.05) is 18.2 Å². The fraction of sp³-hybridized carbons (Fsp3) is 0.632. The van der Waals surface area contributed by atoms with Gasteiger partial charge in [-0.2, -0.15) is 11.8 Å². The number of piperidine rings is 1. The third kappa shape index (κ3) is 5.78. The minimum absolute atomic E-state index is 0.0394. The van der Waals surface area contributed by atoms with Gasteiger partial charge in [0.25, 0.3) is 0 Å². The molecule has 0 unspecified atom stereocenters. The lowest BCUT2D eigenvalue weighted by Gasteiger charge is -2.31. The van der Waals surface area contributed by atoms with Crippen LogP contribution in [-0.2, 0) is 9.53 Å². The smallest absolute Gasteiger partial charge is 0.234 e. The Kier molecular flexibility index (Phi) is 7.92. The summed E-state index contributed by atoms with van der Waals surface area (Å²) in [6, 6.07) is 5.75. The van der Waals surface area contributed by atoms with Crippen molar-refractivity contribution in [3.63, 3.8) is 0 Å². The van der Waals surface area contributed by atoms with E-state index in [2.05, 4.69) is 15.1 Å². The van der Waals surface area contributed by atoms with Gasteiger partial charge in [-0.1, -0.05) is 17.7 Å². The summed E-state index contributed by atoms with van der Waals surface area (Å²) in [5, 5.41) is 3.78. The largest absolute Gasteiger partial charge is 0.379 e. The van der Waals surface area contributed by atoms with Crippen molar-refractivity contribution in [3.8, 4) is 0 Å². The van der Waals surface area contributed by atoms with Crippen LogP contribution >= 0.6 is 23.4 Å². The average Bonchev–Trinajstić information content (AvgIpc) is 2.67. The molecule has 1 aromatic rings. The van der Waals surface area contributed by atoms with Crippen molar-refractivity contribution in [1.29, 1.82) is 0 Å². The Bertz CT molecular complexity index is 590. The van der Waals surface area contributed by atoms with E-state index in [1.165, 1.54) is 19.3 Å². The Morgan fingerprint density at radius 3 is 2.69 bits per heavy atom. The molecule has 0 radical (unpaired) electrons. The normalized spacial score (nSPS) is 18.7. The summed E-state index contributed by atoms with van der Waals surface area (Å²) in [6.07, 6.45) is 3.62. The molecule has 0 aromatic heterocycles. The van der Waals surface area contributed by atoms with E-state index in [0.717, 1.165) is 63.1 Å². The first-order chi connectivity index (χ1) is 12.7. The van der Waals surface area contributed by atoms with Gasteiger partial charge in [-0.05, 0) is 31.4 Å². The van der Waals surface area contributed by atoms with Crippen LogP contribution < -0.4 is 10.2 Å². The Morgan fingerprint density at radius 1 is 1.15 bits per heavy atom. The van der Waals surface area contributed by atoms with E-state index < -0.39 is 0 Å². The first-order valence-corrected chi connectivity index (χ1v) is 11.0. The lowest BCUT2D eigenvalue weighted by Crippen LogP contribution is -2.37. The summed E-state index contributed by atoms with van der Waals surface area (Å²) in [4.78, 5) is 17.1. The van der Waals surface area contributed by atoms with Gasteiger partial charge in [0, 0.05) is 38.5 Å². The summed E-state index contributed by atoms with van der Waals surface area (Å²) in [7, 11) is 0. The van der Waals surface area contributed by atoms with Crippen molar-refractivity contribution in [2.45, 2.75) is 19.3 Å². The molecule has 26 heavy (non-hydrogen) atoms. The van der Waals surface area contributed by atoms with Crippen LogP contribution in [0.1, 0.15) is 19.3 Å². The first-order valence-electron chi connectivity index (χ1n) is 9.45. The Labute approximate surface area is 165 Å². The lowest BCUT2D eigenvalue weighted by molar-refractivity contribution is -0.113. The second kappa shape index (κ2) is 10.4. The number of ether oxygens (including phenoxy) is 1. The van der Waals surface area contributed by atoms with Gasteiger partial charge >= 0.3 is 0 Å². The van der Waals surface area contributed by atoms with Gasteiger partial charge < -0.3 is 15.0 Å². The number of halogens is 1. The zero-order valence-corrected chi connectivity index (χ0v) is 16.8. The number of carbonyl (C=O) groups is 1. The molecule has 0 saturated carbocycles. The number of para-hydroxylation sites is 1. The summed E-state index contributed by atoms with van der Waals surface area (Å²) in [5.41, 5.74) is 1.80. The number of nitrogens with zero attached hydrogens (tertiary/aromatic N) is 2. The van der Waals surface area contributed by atoms with Crippen molar-refractivity contribution >= 4 is 40.6 Å². The van der Waals surface area contributed by atoms with E-state index >= 15 is 0 Å². The number of hydrogen-bond donors (Lipinski definition) is 1. The molecule has 0 aliphatic carbocycles. The minimum atomic E-state index is 0.0394. The number of hydrogen-bond acceptors (Lipinski definition) is 5. The third-order valence-corrected chi connectivity index (χ3v) is 6.06. The number of thioether (sulfide) groups is 1. The molecule has 0 bridgehead atoms. The SMILES string of the molecule is O=C(CSCCN1CCOCC1)Nc1cccc(Cl)c1N1CCCCC1. The second-order valence-electron chi connectivity index (χ2n) is 6.74. The van der Waals surface area contributed by atoms with Crippen LogP contribution in [0.15, 0.2) is 18.2 Å². The minimum Gasteiger partial charge on any atom is -0.379 e. The molecule has 1 N–H and O–H groups in total. The maximum absolute atomic E-state index is 12.4. The monoisotopic (exact) mass is 397 g/mol. The van der Waals surface area contributed by atoms with E-state index in [4.69, 9.17) is 16.3 Å². The summed E-state index contributed by atoms with van der Waals surface area (Å²) < 4.78 is 5.35. The second-order valence-corrected chi connectivity index (χ2v) is 8.25. The summed E-state index contributed by atoms with van der Waals surface area (Å²) in [5.74, 6) is 1.47. The van der Waals surface area contributed by atoms with Crippen LogP contribution in [0.25, 0.3) is 0 Å². The van der Waals surface area contributed by atoms with Crippen molar-refractivity contribution in [2.24, 2.45) is 0 Å². The Morgan fingerprint density at radius 2 is 1.92 bits per heavy atom. The van der Waals surface area contributed by atoms with Crippen LogP contribution in [0, 0.1) is 0 Å². The average molecular weight is 398 g/mol. The predicted octanol–water partition coefficient (Wildman–Crippen LogP) is 3.33. The zero-order valence-electron chi connectivity index (χ0n) is 15.2. The van der Waals surface area contributed by atoms with Crippen LogP contribution in [0.5, 0.6) is 0 Å². The van der Waals surface area contributed by atoms with Crippen molar-refractivity contribution in [3.05, 3.63) is 23.2 Å². The zero-order chi connectivity index (χ0) is 18.2. The van der Waals surface area contributed by atoms with Crippen LogP contribution in [0.3, 0.4) is 0 Å². The molecular formula is C19H28ClN3O2S. The van der Waals surface area contributed by atoms with Crippen molar-refractivity contribution in [2.75, 3.05) is 67.7 Å². The molecule has 2 saturated heterocycles. The van der Waals surface area contributed by atoms with Crippen LogP contribution in [0.4, 0.5) is 11.4 Å². The Hall–Kier alpha value is -0.950. The fourth-order valence-corrected chi connectivity index (χ4v) is 4.51. The number of nitrogens with one attached hydrogen (secondary N) is 1. The number of morpholine rings is 1. The van der Waals surface area contributed by atoms with Crippen LogP contribution in [0.2, 0.25) is 5.02 Å². The molecule has 2 heterocycles. The number of carbonyl (C=O) groups excluding carboxylic acids is 1. The van der Waals surface area contributed by atoms with E-state index in [-0.39, 0.29) is 5.91 Å². The quantitative estimate of drug-likeness (QED) is 0.715. The number of benzene rings is 1. The third-order valence-electron chi connectivity index (χ3n) is 4.82. The predicted molar refractivity (Wildman–Crippen MR) is 111 cm³/mol. The van der Waals surface area contributed by atoms with Gasteiger partial charge in [0.05, 0.1) is 35.4 Å². The Balaban J connectivity index is 1.48. The standard InChI is InChI=1S/C19H28ClN3O2S/c20-16-5-4-6-17(19(16)23-7-2-1-3-8-23)21-18(24)15-26-14-11-22-9-12-25-13-10-22/h4-6H,1-3,7-15H2,(H,21,24). The van der Waals surface area contributed by atoms with Gasteiger partial charge in [-0.3, -0.25) is 9.69 Å². The van der Waals surface area contributed by atoms with Gasteiger partial charge in [-0.15, -0.1) is 0 Å². The molecule has 3 rings (SSSR count). The molecule has 0 atom stereocenters. The summed E-state index contributed by atoms with van der Waals surface area (Å²) >= 11 is 8.12. The van der Waals surface area contributed by atoms with Crippen molar-refractivity contribution < 1.29 is 9.53 Å². The number of anilines is 2. The first kappa shape index (κ1) is 19.8. The lowest BCUT2D eigenvalue weighted by atomic mass is 10.1. The maximum Gasteiger partial charge on any atom is 0.234 e. The summed E-state index contributed by atoms with van der Waals surface area (Å²) in [6.45, 7) is 6.64. The molecule has 2 aliphatic heterocycles. The number of amides is 1. The molecule has 144 valence electrons. The molecule has 1 aromatic carbocycles. The highest BCUT2D eigenvalue weighted by atomic mass is 35.5. The topological polar surface area (TPSA) is 44.8 Å². The highest BCUT2D eigenvalue weighted by Crippen LogP contribution is 2.35. The highest BCUT2D eigenvalue weighted by molar-refractivity contribution is 7.99. The van der Waals surface area contributed by atoms with Gasteiger partial charge in [0.1, 0.15) is 0 Å². The fourth-order valence-electron chi connectivity index (χ4n) is 3.42. The van der Waals surface area contributed by atoms with Gasteiger partial charge in [0.15, 0.2) is 0 Å². The van der Waals surface area contributed by atoms with E-state index in [1.54, 1.807) is 11.8 Å². The van der Waals surface area contributed by atoms with Crippen LogP contribution in [-0.4, -0.2) is 68.3 Å². The van der Waals surface area contributed by atoms with E-state index in [9.17, 15) is 4.79 Å². The maximum atomic E-state index is 12.4. The van der Waals surface area contributed by atoms with Gasteiger partial charge in [-0.25, -0.2) is 0 Å². The molecule has 2 aliphatic rings. The van der Waals surface area contributed by atoms with Crippen molar-refractivity contribution in [1.82, 2.24) is 4.90 Å². The molecule has 7 heteroatoms. The molecule has 1 amide bonds. The molecule has 5 nitrogen and oxygen atoms in total. The number of rotatable bonds is 7. The molecule has 2 fully saturated rings. The molecular weight excluding hydrogens is 370 g/mol. The van der Waals surface area contributed by atoms with E-state index in [0.29, 0.717) is 10.8 Å². The van der Waals surface area contributed by atoms with Gasteiger partial charge in [0.2, 0.25) is 5.91 Å². The highest BCUT2D eigenvalue weighted by Gasteiger charge is 2.18.